The normalized spacial score (nSPS) is 13.5. The van der Waals surface area contributed by atoms with Gasteiger partial charge in [-0.25, -0.2) is 19.6 Å². The maximum absolute atomic E-state index is 13.6. The molecule has 11 nitrogen and oxygen atoms in total. The lowest BCUT2D eigenvalue weighted by atomic mass is 10.3. The van der Waals surface area contributed by atoms with Gasteiger partial charge in [0.2, 0.25) is 12.0 Å². The molecule has 0 spiro atoms. The molecule has 2 atom stereocenters. The van der Waals surface area contributed by atoms with Crippen LogP contribution in [-0.4, -0.2) is 69.4 Å². The smallest absolute Gasteiger partial charge is 0.269 e. The zero-order valence-corrected chi connectivity index (χ0v) is 30.3. The first-order valence-corrected chi connectivity index (χ1v) is 18.3. The van der Waals surface area contributed by atoms with Gasteiger partial charge in [-0.1, -0.05) is 59.2 Å². The number of aromatic nitrogens is 6. The summed E-state index contributed by atoms with van der Waals surface area (Å²) >= 11 is 10.0. The highest BCUT2D eigenvalue weighted by Crippen LogP contribution is 2.42. The van der Waals surface area contributed by atoms with Crippen LogP contribution in [0.15, 0.2) is 47.6 Å². The summed E-state index contributed by atoms with van der Waals surface area (Å²) in [6, 6.07) is 5.45. The van der Waals surface area contributed by atoms with Crippen molar-refractivity contribution < 1.29 is 18.7 Å². The highest BCUT2D eigenvalue weighted by Gasteiger charge is 2.45. The van der Waals surface area contributed by atoms with Crippen LogP contribution in [0.4, 0.5) is 5.82 Å². The second-order valence-corrected chi connectivity index (χ2v) is 18.7. The Hall–Kier alpha value is -2.97. The van der Waals surface area contributed by atoms with E-state index in [2.05, 4.69) is 87.8 Å². The number of rotatable bonds is 14. The van der Waals surface area contributed by atoms with E-state index in [1.165, 1.54) is 12.5 Å². The molecule has 4 rings (SSSR count). The summed E-state index contributed by atoms with van der Waals surface area (Å²) in [5, 5.41) is 8.25. The Labute approximate surface area is 278 Å². The van der Waals surface area contributed by atoms with Gasteiger partial charge in [-0.05, 0) is 58.5 Å². The number of carbonyl (C=O) groups is 1. The number of anilines is 1. The predicted octanol–water partition coefficient (Wildman–Crippen LogP) is 7.31. The number of carbonyl (C=O) groups excluding carboxylic acids is 1. The van der Waals surface area contributed by atoms with Crippen LogP contribution >= 0.6 is 27.5 Å². The average molecular weight is 719 g/mol. The van der Waals surface area contributed by atoms with Crippen LogP contribution in [0.1, 0.15) is 54.2 Å². The molecule has 0 aliphatic rings. The molecule has 1 unspecified atom stereocenters. The van der Waals surface area contributed by atoms with Crippen molar-refractivity contribution in [2.24, 2.45) is 0 Å². The minimum absolute atomic E-state index is 0.0645. The van der Waals surface area contributed by atoms with Crippen LogP contribution in [0.2, 0.25) is 21.6 Å². The van der Waals surface area contributed by atoms with Crippen molar-refractivity contribution in [3.63, 3.8) is 0 Å². The number of hydrogen-bond donors (Lipinski definition) is 1. The lowest BCUT2D eigenvalue weighted by molar-refractivity contribution is -0.127. The maximum Gasteiger partial charge on any atom is 0.269 e. The van der Waals surface area contributed by atoms with E-state index in [0.29, 0.717) is 50.8 Å². The Balaban J connectivity index is 1.58. The maximum atomic E-state index is 13.6. The van der Waals surface area contributed by atoms with Crippen LogP contribution in [-0.2, 0) is 14.0 Å². The van der Waals surface area contributed by atoms with Gasteiger partial charge in [0, 0.05) is 4.47 Å². The Bertz CT molecular complexity index is 1560. The van der Waals surface area contributed by atoms with Crippen molar-refractivity contribution in [1.82, 2.24) is 29.7 Å². The number of nitrogens with one attached hydrogen (secondary N) is 1. The topological polar surface area (TPSA) is 126 Å². The highest BCUT2D eigenvalue weighted by molar-refractivity contribution is 9.10. The van der Waals surface area contributed by atoms with Crippen molar-refractivity contribution in [3.8, 4) is 11.6 Å². The average Bonchev–Trinajstić information content (AvgIpc) is 3.40. The SMILES string of the molecule is Cc1cnc(NC(=O)[C@H](COC(C)CO[Si](C(C)C)(C(C)C)C(C)C)Oc2ncnc3c2cnn3-c2c(Cl)cccc2Br)cn1. The summed E-state index contributed by atoms with van der Waals surface area (Å²) in [6.07, 6.45) is 4.61. The standard InChI is InChI=1S/C31H41BrClN7O4Si/c1-18(2)45(19(3)4,20(5)6)43-15-22(8)42-16-26(30(41)39-27-14-34-21(7)12-35-27)44-31-23-13-38-40(29(23)36-17-37-31)28-24(32)10-9-11-25(28)33/h9-14,17-20,22,26H,15-16H2,1-8H3,(H,35,39,41)/t22?,26-/m0/s1. The van der Waals surface area contributed by atoms with E-state index in [-0.39, 0.29) is 18.6 Å². The van der Waals surface area contributed by atoms with Crippen LogP contribution in [0.25, 0.3) is 16.7 Å². The fourth-order valence-corrected chi connectivity index (χ4v) is 12.2. The van der Waals surface area contributed by atoms with E-state index in [4.69, 9.17) is 25.5 Å². The first kappa shape index (κ1) is 34.9. The van der Waals surface area contributed by atoms with Crippen molar-refractivity contribution in [2.75, 3.05) is 18.5 Å². The van der Waals surface area contributed by atoms with Gasteiger partial charge in [0.05, 0.1) is 54.3 Å². The van der Waals surface area contributed by atoms with E-state index in [9.17, 15) is 4.79 Å². The second-order valence-electron chi connectivity index (χ2n) is 12.0. The van der Waals surface area contributed by atoms with Crippen molar-refractivity contribution in [3.05, 3.63) is 58.3 Å². The van der Waals surface area contributed by atoms with Gasteiger partial charge in [-0.3, -0.25) is 9.78 Å². The molecule has 0 aliphatic carbocycles. The molecule has 3 heterocycles. The lowest BCUT2D eigenvalue weighted by Crippen LogP contribution is -2.49. The number of halogens is 2. The third-order valence-corrected chi connectivity index (χ3v) is 14.9. The summed E-state index contributed by atoms with van der Waals surface area (Å²) in [6.45, 7) is 17.6. The first-order chi connectivity index (χ1) is 21.3. The van der Waals surface area contributed by atoms with Crippen LogP contribution < -0.4 is 10.1 Å². The molecule has 1 amide bonds. The molecule has 0 fully saturated rings. The fourth-order valence-electron chi connectivity index (χ4n) is 5.79. The van der Waals surface area contributed by atoms with E-state index in [0.717, 1.165) is 10.2 Å². The molecule has 4 aromatic rings. The van der Waals surface area contributed by atoms with Gasteiger partial charge in [-0.2, -0.15) is 5.10 Å². The van der Waals surface area contributed by atoms with Gasteiger partial charge >= 0.3 is 0 Å². The van der Waals surface area contributed by atoms with Gasteiger partial charge in [-0.15, -0.1) is 0 Å². The molecule has 0 radical (unpaired) electrons. The van der Waals surface area contributed by atoms with Crippen LogP contribution in [0.3, 0.4) is 0 Å². The molecule has 3 aromatic heterocycles. The molecule has 14 heteroatoms. The summed E-state index contributed by atoms with van der Waals surface area (Å²) < 4.78 is 21.5. The van der Waals surface area contributed by atoms with E-state index in [1.54, 1.807) is 23.1 Å². The second kappa shape index (κ2) is 15.1. The number of fused-ring (bicyclic) bond motifs is 1. The monoisotopic (exact) mass is 717 g/mol. The molecule has 1 N–H and O–H groups in total. The largest absolute Gasteiger partial charge is 0.461 e. The van der Waals surface area contributed by atoms with Gasteiger partial charge in [0.25, 0.3) is 5.91 Å². The third-order valence-electron chi connectivity index (χ3n) is 7.86. The predicted molar refractivity (Wildman–Crippen MR) is 182 cm³/mol. The Morgan fingerprint density at radius 2 is 1.69 bits per heavy atom. The molecule has 0 aliphatic heterocycles. The quantitative estimate of drug-likeness (QED) is 0.134. The van der Waals surface area contributed by atoms with E-state index in [1.807, 2.05) is 26.0 Å². The Morgan fingerprint density at radius 1 is 0.978 bits per heavy atom. The van der Waals surface area contributed by atoms with Crippen molar-refractivity contribution >= 4 is 58.6 Å². The number of nitrogens with zero attached hydrogens (tertiary/aromatic N) is 6. The Kier molecular flexibility index (Phi) is 11.7. The Morgan fingerprint density at radius 3 is 2.31 bits per heavy atom. The van der Waals surface area contributed by atoms with Crippen LogP contribution in [0, 0.1) is 6.92 Å². The number of para-hydroxylation sites is 1. The number of ether oxygens (including phenoxy) is 2. The molecule has 1 aromatic carbocycles. The highest BCUT2D eigenvalue weighted by atomic mass is 79.9. The summed E-state index contributed by atoms with van der Waals surface area (Å²) in [4.78, 5) is 30.8. The molecular weight excluding hydrogens is 678 g/mol. The number of hydrogen-bond acceptors (Lipinski definition) is 9. The lowest BCUT2D eigenvalue weighted by Gasteiger charge is -2.42. The zero-order chi connectivity index (χ0) is 32.9. The molecule has 0 saturated heterocycles. The summed E-state index contributed by atoms with van der Waals surface area (Å²) in [5.74, 6) is -0.00570. The minimum Gasteiger partial charge on any atom is -0.461 e. The molecule has 242 valence electrons. The van der Waals surface area contributed by atoms with Gasteiger partial charge in [0.15, 0.2) is 19.8 Å². The molecular formula is C31H41BrClN7O4Si. The molecule has 45 heavy (non-hydrogen) atoms. The fraction of sp³-hybridized carbons (Fsp3) is 0.484. The van der Waals surface area contributed by atoms with Crippen LogP contribution in [0.5, 0.6) is 5.88 Å². The van der Waals surface area contributed by atoms with Crippen molar-refractivity contribution in [2.45, 2.75) is 84.2 Å². The first-order valence-electron chi connectivity index (χ1n) is 15.0. The van der Waals surface area contributed by atoms with Crippen molar-refractivity contribution in [1.29, 1.82) is 0 Å². The van der Waals surface area contributed by atoms with Gasteiger partial charge < -0.3 is 19.2 Å². The zero-order valence-electron chi connectivity index (χ0n) is 26.9. The van der Waals surface area contributed by atoms with E-state index >= 15 is 0 Å². The summed E-state index contributed by atoms with van der Waals surface area (Å²) in [5.41, 5.74) is 3.12. The number of aryl methyl sites for hydroxylation is 1. The van der Waals surface area contributed by atoms with E-state index < -0.39 is 20.3 Å². The summed E-state index contributed by atoms with van der Waals surface area (Å²) in [7, 11) is -2.09. The number of amides is 1. The van der Waals surface area contributed by atoms with Gasteiger partial charge in [0.1, 0.15) is 11.7 Å². The minimum atomic E-state index is -2.09. The number of benzene rings is 1. The molecule has 0 saturated carbocycles. The third kappa shape index (κ3) is 7.88. The molecule has 0 bridgehead atoms.